The van der Waals surface area contributed by atoms with E-state index >= 15 is 0 Å². The van der Waals surface area contributed by atoms with E-state index in [1.165, 1.54) is 18.2 Å². The quantitative estimate of drug-likeness (QED) is 0.402. The molecule has 9 nitrogen and oxygen atoms in total. The lowest BCUT2D eigenvalue weighted by Gasteiger charge is -2.39. The number of rotatable bonds is 7. The number of hydrogen-bond donors (Lipinski definition) is 1. The Bertz CT molecular complexity index is 1190. The summed E-state index contributed by atoms with van der Waals surface area (Å²) >= 11 is 0. The third kappa shape index (κ3) is 6.35. The number of halogens is 1. The summed E-state index contributed by atoms with van der Waals surface area (Å²) < 4.78 is 41.3. The van der Waals surface area contributed by atoms with Crippen molar-refractivity contribution < 1.29 is 37.7 Å². The summed E-state index contributed by atoms with van der Waals surface area (Å²) in [6, 6.07) is 9.46. The van der Waals surface area contributed by atoms with E-state index in [1.54, 1.807) is 30.0 Å². The molecule has 38 heavy (non-hydrogen) atoms. The van der Waals surface area contributed by atoms with Gasteiger partial charge < -0.3 is 28.6 Å². The number of nitrogens with zero attached hydrogens (tertiary/aromatic N) is 1. The summed E-state index contributed by atoms with van der Waals surface area (Å²) in [5.74, 6) is -0.203. The van der Waals surface area contributed by atoms with E-state index in [2.05, 4.69) is 0 Å². The molecule has 0 aliphatic carbocycles. The predicted molar refractivity (Wildman–Crippen MR) is 137 cm³/mol. The average Bonchev–Trinajstić information content (AvgIpc) is 3.33. The maximum atomic E-state index is 13.6. The van der Waals surface area contributed by atoms with Crippen molar-refractivity contribution in [2.45, 2.75) is 45.6 Å². The zero-order chi connectivity index (χ0) is 27.4. The van der Waals surface area contributed by atoms with Crippen LogP contribution in [0.1, 0.15) is 51.2 Å². The molecule has 0 aromatic heterocycles. The van der Waals surface area contributed by atoms with Gasteiger partial charge in [0.2, 0.25) is 6.79 Å². The molecule has 0 spiro atoms. The van der Waals surface area contributed by atoms with Gasteiger partial charge in [-0.15, -0.1) is 0 Å². The van der Waals surface area contributed by atoms with E-state index in [9.17, 15) is 14.0 Å². The summed E-state index contributed by atoms with van der Waals surface area (Å²) in [6.45, 7) is 8.25. The highest BCUT2D eigenvalue weighted by Gasteiger charge is 2.35. The minimum absolute atomic E-state index is 0.0174. The van der Waals surface area contributed by atoms with Gasteiger partial charge in [0.15, 0.2) is 17.2 Å². The molecule has 204 valence electrons. The zero-order valence-corrected chi connectivity index (χ0v) is 22.0. The van der Waals surface area contributed by atoms with Gasteiger partial charge in [0.25, 0.3) is 0 Å². The van der Waals surface area contributed by atoms with Gasteiger partial charge in [-0.2, -0.15) is 0 Å². The summed E-state index contributed by atoms with van der Waals surface area (Å²) in [7, 11) is 0. The first-order valence-corrected chi connectivity index (χ1v) is 12.6. The fraction of sp³-hybridized carbons (Fsp3) is 0.464. The highest BCUT2D eigenvalue weighted by molar-refractivity contribution is 6.42. The van der Waals surface area contributed by atoms with Crippen LogP contribution in [0.15, 0.2) is 36.4 Å². The number of fused-ring (bicyclic) bond motifs is 1. The number of benzene rings is 2. The van der Waals surface area contributed by atoms with Crippen molar-refractivity contribution in [1.82, 2.24) is 4.90 Å². The molecule has 2 atom stereocenters. The molecule has 2 aliphatic heterocycles. The molecule has 1 N–H and O–H groups in total. The Hall–Kier alpha value is -3.82. The summed E-state index contributed by atoms with van der Waals surface area (Å²) in [4.78, 5) is 26.8. The number of ether oxygens (including phenoxy) is 5. The van der Waals surface area contributed by atoms with E-state index in [1.807, 2.05) is 20.8 Å². The van der Waals surface area contributed by atoms with Crippen LogP contribution in [0.3, 0.4) is 0 Å². The van der Waals surface area contributed by atoms with Crippen LogP contribution < -0.4 is 14.2 Å². The van der Waals surface area contributed by atoms with E-state index < -0.39 is 17.7 Å². The highest BCUT2D eigenvalue weighted by Crippen LogP contribution is 2.40. The minimum atomic E-state index is -0.783. The van der Waals surface area contributed by atoms with Crippen molar-refractivity contribution in [3.63, 3.8) is 0 Å². The Labute approximate surface area is 221 Å². The molecule has 0 saturated carbocycles. The third-order valence-electron chi connectivity index (χ3n) is 6.36. The van der Waals surface area contributed by atoms with Crippen molar-refractivity contribution in [1.29, 1.82) is 5.41 Å². The van der Waals surface area contributed by atoms with E-state index in [0.29, 0.717) is 31.0 Å². The normalized spacial score (nSPS) is 18.6. The number of amides is 1. The summed E-state index contributed by atoms with van der Waals surface area (Å²) in [5.41, 5.74) is 0.153. The van der Waals surface area contributed by atoms with Gasteiger partial charge in [0.05, 0.1) is 18.8 Å². The van der Waals surface area contributed by atoms with Crippen LogP contribution in [0.25, 0.3) is 0 Å². The molecule has 1 fully saturated rings. The Morgan fingerprint density at radius 2 is 1.82 bits per heavy atom. The minimum Gasteiger partial charge on any atom is -0.492 e. The molecular formula is C28H33FN2O7. The first-order chi connectivity index (χ1) is 18.1. The van der Waals surface area contributed by atoms with Crippen LogP contribution in [-0.4, -0.2) is 61.4 Å². The maximum Gasteiger partial charge on any atom is 0.410 e. The second-order valence-electron chi connectivity index (χ2n) is 10.2. The van der Waals surface area contributed by atoms with E-state index in [4.69, 9.17) is 29.1 Å². The van der Waals surface area contributed by atoms with Gasteiger partial charge in [0.1, 0.15) is 17.2 Å². The summed E-state index contributed by atoms with van der Waals surface area (Å²) in [6.07, 6.45) is 0.221. The number of hydrogen-bond acceptors (Lipinski definition) is 8. The number of carbonyl (C=O) groups excluding carboxylic acids is 2. The molecule has 0 bridgehead atoms. The molecule has 1 unspecified atom stereocenters. The van der Waals surface area contributed by atoms with Crippen LogP contribution in [-0.2, 0) is 14.3 Å². The van der Waals surface area contributed by atoms with Gasteiger partial charge in [-0.05, 0) is 63.8 Å². The molecule has 10 heteroatoms. The van der Waals surface area contributed by atoms with Crippen molar-refractivity contribution in [2.75, 3.05) is 33.1 Å². The van der Waals surface area contributed by atoms with Crippen LogP contribution in [0.4, 0.5) is 9.18 Å². The topological polar surface area (TPSA) is 107 Å². The number of likely N-dealkylation sites (tertiary alicyclic amines) is 1. The number of piperidine rings is 1. The Balaban J connectivity index is 1.59. The monoisotopic (exact) mass is 528 g/mol. The molecule has 2 aromatic carbocycles. The SMILES string of the molecule is CCOC(=O)C(=N)c1cc2c(cc1OC[C@@H]1CN(C(=O)OC(C)(C)C)CCC1c1ccc(F)cc1)OCO2. The Kier molecular flexibility index (Phi) is 8.08. The van der Waals surface area contributed by atoms with E-state index in [0.717, 1.165) is 5.56 Å². The van der Waals surface area contributed by atoms with E-state index in [-0.39, 0.29) is 54.7 Å². The molecule has 1 amide bonds. The molecular weight excluding hydrogens is 495 g/mol. The second-order valence-corrected chi connectivity index (χ2v) is 10.2. The fourth-order valence-electron chi connectivity index (χ4n) is 4.59. The lowest BCUT2D eigenvalue weighted by molar-refractivity contribution is -0.135. The maximum absolute atomic E-state index is 13.6. The largest absolute Gasteiger partial charge is 0.492 e. The van der Waals surface area contributed by atoms with Gasteiger partial charge in [-0.25, -0.2) is 14.0 Å². The van der Waals surface area contributed by atoms with Crippen molar-refractivity contribution in [3.8, 4) is 17.2 Å². The molecule has 4 rings (SSSR count). The van der Waals surface area contributed by atoms with Crippen molar-refractivity contribution in [2.24, 2.45) is 5.92 Å². The first-order valence-electron chi connectivity index (χ1n) is 12.6. The lowest BCUT2D eigenvalue weighted by Crippen LogP contribution is -2.46. The predicted octanol–water partition coefficient (Wildman–Crippen LogP) is 4.90. The van der Waals surface area contributed by atoms with Crippen LogP contribution >= 0.6 is 0 Å². The molecule has 1 saturated heterocycles. The van der Waals surface area contributed by atoms with Crippen LogP contribution in [0.5, 0.6) is 17.2 Å². The Morgan fingerprint density at radius 1 is 1.13 bits per heavy atom. The average molecular weight is 529 g/mol. The molecule has 0 radical (unpaired) electrons. The molecule has 2 heterocycles. The van der Waals surface area contributed by atoms with Gasteiger partial charge in [-0.1, -0.05) is 12.1 Å². The number of esters is 1. The van der Waals surface area contributed by atoms with Gasteiger partial charge in [-0.3, -0.25) is 5.41 Å². The van der Waals surface area contributed by atoms with Crippen LogP contribution in [0, 0.1) is 17.1 Å². The Morgan fingerprint density at radius 3 is 2.47 bits per heavy atom. The lowest BCUT2D eigenvalue weighted by atomic mass is 9.81. The standard InChI is InChI=1S/C28H33FN2O7/c1-5-34-26(32)25(30)21-12-23-24(37-16-36-23)13-22(21)35-15-18-14-31(27(33)38-28(2,3)4)11-10-20(18)17-6-8-19(29)9-7-17/h6-9,12-13,18,20,30H,5,10-11,14-16H2,1-4H3/t18-,20?/m0/s1. The third-order valence-corrected chi connectivity index (χ3v) is 6.36. The zero-order valence-electron chi connectivity index (χ0n) is 22.0. The van der Waals surface area contributed by atoms with Gasteiger partial charge in [0, 0.05) is 25.1 Å². The number of carbonyl (C=O) groups is 2. The van der Waals surface area contributed by atoms with Crippen molar-refractivity contribution >= 4 is 17.8 Å². The number of nitrogens with one attached hydrogen (secondary N) is 1. The van der Waals surface area contributed by atoms with Crippen molar-refractivity contribution in [3.05, 3.63) is 53.3 Å². The smallest absolute Gasteiger partial charge is 0.410 e. The molecule has 2 aromatic rings. The second kappa shape index (κ2) is 11.3. The highest BCUT2D eigenvalue weighted by atomic mass is 19.1. The fourth-order valence-corrected chi connectivity index (χ4v) is 4.59. The molecule has 2 aliphatic rings. The van der Waals surface area contributed by atoms with Gasteiger partial charge >= 0.3 is 12.1 Å². The van der Waals surface area contributed by atoms with Crippen LogP contribution in [0.2, 0.25) is 0 Å². The first kappa shape index (κ1) is 27.2. The summed E-state index contributed by atoms with van der Waals surface area (Å²) in [5, 5.41) is 8.38.